The van der Waals surface area contributed by atoms with Gasteiger partial charge in [-0.05, 0) is 41.1 Å². The number of thiophene rings is 1. The van der Waals surface area contributed by atoms with Crippen molar-refractivity contribution in [3.63, 3.8) is 0 Å². The van der Waals surface area contributed by atoms with E-state index in [9.17, 15) is 0 Å². The number of hydrogen-bond donors (Lipinski definition) is 0. The molecule has 0 N–H and O–H groups in total. The van der Waals surface area contributed by atoms with Crippen molar-refractivity contribution in [1.82, 2.24) is 0 Å². The molecule has 1 aliphatic rings. The van der Waals surface area contributed by atoms with Gasteiger partial charge < -0.3 is 9.47 Å². The zero-order valence-electron chi connectivity index (χ0n) is 11.7. The second-order valence-electron chi connectivity index (χ2n) is 4.90. The second kappa shape index (κ2) is 6.71. The molecule has 0 fully saturated rings. The molecule has 1 aromatic carbocycles. The molecule has 2 aromatic rings. The molecular formula is C16H16Br2O2S. The summed E-state index contributed by atoms with van der Waals surface area (Å²) in [6.07, 6.45) is 1.97. The molecular weight excluding hydrogens is 416 g/mol. The Morgan fingerprint density at radius 3 is 2.67 bits per heavy atom. The molecule has 1 aliphatic heterocycles. The van der Waals surface area contributed by atoms with Crippen LogP contribution in [0.15, 0.2) is 28.1 Å². The van der Waals surface area contributed by atoms with Crippen molar-refractivity contribution in [1.29, 1.82) is 0 Å². The summed E-state index contributed by atoms with van der Waals surface area (Å²) in [5.74, 6) is 1.66. The van der Waals surface area contributed by atoms with Gasteiger partial charge >= 0.3 is 0 Å². The summed E-state index contributed by atoms with van der Waals surface area (Å²) in [5.41, 5.74) is 2.57. The summed E-state index contributed by atoms with van der Waals surface area (Å²) in [5, 5.41) is 2.15. The Bertz CT molecular complexity index is 639. The molecule has 0 saturated heterocycles. The number of hydrogen-bond acceptors (Lipinski definition) is 3. The third-order valence-corrected chi connectivity index (χ3v) is 6.50. The van der Waals surface area contributed by atoms with Crippen molar-refractivity contribution < 1.29 is 9.47 Å². The molecule has 0 bridgehead atoms. The maximum absolute atomic E-state index is 5.80. The van der Waals surface area contributed by atoms with E-state index in [0.717, 1.165) is 28.8 Å². The van der Waals surface area contributed by atoms with Crippen molar-refractivity contribution in [2.24, 2.45) is 0 Å². The van der Waals surface area contributed by atoms with Crippen LogP contribution in [-0.4, -0.2) is 13.2 Å². The van der Waals surface area contributed by atoms with Crippen LogP contribution in [0.1, 0.15) is 34.2 Å². The van der Waals surface area contributed by atoms with E-state index < -0.39 is 0 Å². The molecule has 2 heterocycles. The molecule has 0 aliphatic carbocycles. The van der Waals surface area contributed by atoms with E-state index in [1.807, 2.05) is 6.07 Å². The summed E-state index contributed by atoms with van der Waals surface area (Å²) < 4.78 is 12.6. The van der Waals surface area contributed by atoms with Gasteiger partial charge in [0.25, 0.3) is 0 Å². The lowest BCUT2D eigenvalue weighted by molar-refractivity contribution is 0.297. The van der Waals surface area contributed by atoms with Gasteiger partial charge in [0, 0.05) is 15.8 Å². The van der Waals surface area contributed by atoms with E-state index in [0.29, 0.717) is 13.2 Å². The van der Waals surface area contributed by atoms with Crippen LogP contribution in [0, 0.1) is 0 Å². The average Bonchev–Trinajstić information content (AvgIpc) is 2.85. The second-order valence-corrected chi connectivity index (χ2v) is 7.61. The molecule has 0 spiro atoms. The van der Waals surface area contributed by atoms with Crippen molar-refractivity contribution >= 4 is 43.2 Å². The van der Waals surface area contributed by atoms with Gasteiger partial charge in [0.2, 0.25) is 0 Å². The molecule has 0 saturated carbocycles. The zero-order valence-corrected chi connectivity index (χ0v) is 15.7. The Morgan fingerprint density at radius 1 is 1.24 bits per heavy atom. The standard InChI is InChI=1S/C16H16Br2O2S/c1-2-10-4-7-21-16(10)15(18)11-8-13-14(9-12(11)17)20-6-3-5-19-13/h4,7-9,15H,2-3,5-6H2,1H3. The number of aryl methyl sites for hydroxylation is 1. The van der Waals surface area contributed by atoms with Gasteiger partial charge in [0.05, 0.1) is 18.0 Å². The average molecular weight is 432 g/mol. The van der Waals surface area contributed by atoms with Crippen LogP contribution < -0.4 is 9.47 Å². The Kier molecular flexibility index (Phi) is 4.92. The zero-order chi connectivity index (χ0) is 14.8. The minimum absolute atomic E-state index is 0.166. The predicted octanol–water partition coefficient (Wildman–Crippen LogP) is 5.72. The fourth-order valence-corrected chi connectivity index (χ4v) is 5.24. The summed E-state index contributed by atoms with van der Waals surface area (Å²) >= 11 is 9.31. The van der Waals surface area contributed by atoms with E-state index in [2.05, 4.69) is 56.3 Å². The molecule has 21 heavy (non-hydrogen) atoms. The van der Waals surface area contributed by atoms with Gasteiger partial charge in [-0.1, -0.05) is 38.8 Å². The molecule has 1 aromatic heterocycles. The lowest BCUT2D eigenvalue weighted by Gasteiger charge is -2.16. The SMILES string of the molecule is CCc1ccsc1C(Br)c1cc2c(cc1Br)OCCCO2. The van der Waals surface area contributed by atoms with Crippen LogP contribution in [-0.2, 0) is 6.42 Å². The quantitative estimate of drug-likeness (QED) is 0.578. The minimum atomic E-state index is 0.166. The topological polar surface area (TPSA) is 18.5 Å². The molecule has 1 unspecified atom stereocenters. The molecule has 0 radical (unpaired) electrons. The Labute approximate surface area is 145 Å². The predicted molar refractivity (Wildman–Crippen MR) is 94.2 cm³/mol. The highest BCUT2D eigenvalue weighted by molar-refractivity contribution is 9.11. The van der Waals surface area contributed by atoms with Gasteiger partial charge in [-0.25, -0.2) is 0 Å². The number of ether oxygens (including phenoxy) is 2. The number of fused-ring (bicyclic) bond motifs is 1. The fraction of sp³-hybridized carbons (Fsp3) is 0.375. The highest BCUT2D eigenvalue weighted by Crippen LogP contribution is 2.44. The largest absolute Gasteiger partial charge is 0.490 e. The van der Waals surface area contributed by atoms with Gasteiger partial charge in [-0.3, -0.25) is 0 Å². The molecule has 5 heteroatoms. The summed E-state index contributed by atoms with van der Waals surface area (Å²) in [6, 6.07) is 6.30. The van der Waals surface area contributed by atoms with Gasteiger partial charge in [-0.2, -0.15) is 0 Å². The van der Waals surface area contributed by atoms with Crippen LogP contribution in [0.2, 0.25) is 0 Å². The Hall–Kier alpha value is -0.520. The normalized spacial score (nSPS) is 15.6. The molecule has 3 rings (SSSR count). The number of benzene rings is 1. The number of rotatable bonds is 3. The van der Waals surface area contributed by atoms with Crippen LogP contribution in [0.3, 0.4) is 0 Å². The molecule has 0 amide bonds. The highest BCUT2D eigenvalue weighted by atomic mass is 79.9. The van der Waals surface area contributed by atoms with Crippen LogP contribution in [0.4, 0.5) is 0 Å². The third-order valence-electron chi connectivity index (χ3n) is 3.53. The van der Waals surface area contributed by atoms with E-state index in [4.69, 9.17) is 9.47 Å². The van der Waals surface area contributed by atoms with Gasteiger partial charge in [0.15, 0.2) is 11.5 Å². The summed E-state index contributed by atoms with van der Waals surface area (Å²) in [6.45, 7) is 3.61. The summed E-state index contributed by atoms with van der Waals surface area (Å²) in [4.78, 5) is 1.52. The van der Waals surface area contributed by atoms with Gasteiger partial charge in [-0.15, -0.1) is 11.3 Å². The highest BCUT2D eigenvalue weighted by Gasteiger charge is 2.21. The first-order valence-electron chi connectivity index (χ1n) is 7.00. The third kappa shape index (κ3) is 3.15. The van der Waals surface area contributed by atoms with E-state index in [1.54, 1.807) is 11.3 Å². The first kappa shape index (κ1) is 15.4. The minimum Gasteiger partial charge on any atom is -0.490 e. The van der Waals surface area contributed by atoms with E-state index >= 15 is 0 Å². The van der Waals surface area contributed by atoms with E-state index in [-0.39, 0.29) is 4.83 Å². The van der Waals surface area contributed by atoms with Crippen LogP contribution in [0.25, 0.3) is 0 Å². The van der Waals surface area contributed by atoms with E-state index in [1.165, 1.54) is 16.0 Å². The first-order chi connectivity index (χ1) is 10.2. The lowest BCUT2D eigenvalue weighted by Crippen LogP contribution is -1.98. The van der Waals surface area contributed by atoms with Crippen molar-refractivity contribution in [2.75, 3.05) is 13.2 Å². The Balaban J connectivity index is 2.00. The molecule has 1 atom stereocenters. The number of halogens is 2. The lowest BCUT2D eigenvalue weighted by atomic mass is 10.1. The molecule has 112 valence electrons. The first-order valence-corrected chi connectivity index (χ1v) is 9.59. The number of alkyl halides is 1. The molecule has 2 nitrogen and oxygen atoms in total. The fourth-order valence-electron chi connectivity index (χ4n) is 2.40. The van der Waals surface area contributed by atoms with Crippen molar-refractivity contribution in [3.05, 3.63) is 44.1 Å². The van der Waals surface area contributed by atoms with Gasteiger partial charge in [0.1, 0.15) is 0 Å². The maximum Gasteiger partial charge on any atom is 0.162 e. The summed E-state index contributed by atoms with van der Waals surface area (Å²) in [7, 11) is 0. The smallest absolute Gasteiger partial charge is 0.162 e. The van der Waals surface area contributed by atoms with Crippen molar-refractivity contribution in [2.45, 2.75) is 24.6 Å². The monoisotopic (exact) mass is 430 g/mol. The van der Waals surface area contributed by atoms with Crippen LogP contribution >= 0.6 is 43.2 Å². The maximum atomic E-state index is 5.80. The Morgan fingerprint density at radius 2 is 1.95 bits per heavy atom. The van der Waals surface area contributed by atoms with Crippen molar-refractivity contribution in [3.8, 4) is 11.5 Å². The van der Waals surface area contributed by atoms with Crippen LogP contribution in [0.5, 0.6) is 11.5 Å².